The van der Waals surface area contributed by atoms with Gasteiger partial charge in [0.1, 0.15) is 11.3 Å². The molecule has 1 aromatic heterocycles. The number of alkyl halides is 3. The molecule has 6 heteroatoms. The van der Waals surface area contributed by atoms with E-state index in [0.29, 0.717) is 17.9 Å². The molecule has 0 saturated heterocycles. The molecule has 2 aromatic rings. The standard InChI is InChI=1S/C15H19F3N2O/c1-3-19-8-12-11-6-4-5-7-13(11)21-14(12)9-20(2)10-15(16,17)18/h4-7,19H,3,8-10H2,1-2H3. The van der Waals surface area contributed by atoms with Crippen LogP contribution in [0.3, 0.4) is 0 Å². The van der Waals surface area contributed by atoms with E-state index in [1.165, 1.54) is 11.9 Å². The molecule has 0 bridgehead atoms. The molecular formula is C15H19F3N2O. The van der Waals surface area contributed by atoms with E-state index in [1.54, 1.807) is 0 Å². The fraction of sp³-hybridized carbons (Fsp3) is 0.467. The summed E-state index contributed by atoms with van der Waals surface area (Å²) in [6.45, 7) is 2.54. The predicted molar refractivity (Wildman–Crippen MR) is 76.0 cm³/mol. The van der Waals surface area contributed by atoms with Gasteiger partial charge in [-0.25, -0.2) is 0 Å². The predicted octanol–water partition coefficient (Wildman–Crippen LogP) is 3.54. The van der Waals surface area contributed by atoms with Crippen LogP contribution in [-0.2, 0) is 13.1 Å². The highest BCUT2D eigenvalue weighted by molar-refractivity contribution is 5.82. The summed E-state index contributed by atoms with van der Waals surface area (Å²) in [6, 6.07) is 7.51. The maximum Gasteiger partial charge on any atom is 0.401 e. The van der Waals surface area contributed by atoms with Gasteiger partial charge in [0.15, 0.2) is 0 Å². The Morgan fingerprint density at radius 3 is 2.62 bits per heavy atom. The molecule has 0 unspecified atom stereocenters. The quantitative estimate of drug-likeness (QED) is 0.884. The Morgan fingerprint density at radius 2 is 1.95 bits per heavy atom. The lowest BCUT2D eigenvalue weighted by molar-refractivity contribution is -0.144. The summed E-state index contributed by atoms with van der Waals surface area (Å²) in [4.78, 5) is 1.22. The molecule has 0 aliphatic rings. The average Bonchev–Trinajstić information content (AvgIpc) is 2.71. The van der Waals surface area contributed by atoms with Crippen molar-refractivity contribution >= 4 is 11.0 Å². The van der Waals surface area contributed by atoms with Crippen LogP contribution in [0, 0.1) is 0 Å². The number of halogens is 3. The third-order valence-corrected chi connectivity index (χ3v) is 3.20. The van der Waals surface area contributed by atoms with Crippen molar-refractivity contribution in [3.05, 3.63) is 35.6 Å². The van der Waals surface area contributed by atoms with Crippen molar-refractivity contribution < 1.29 is 17.6 Å². The maximum atomic E-state index is 12.4. The molecule has 0 aliphatic heterocycles. The number of fused-ring (bicyclic) bond motifs is 1. The summed E-state index contributed by atoms with van der Waals surface area (Å²) in [5.41, 5.74) is 1.64. The zero-order chi connectivity index (χ0) is 15.5. The van der Waals surface area contributed by atoms with Gasteiger partial charge in [0, 0.05) is 17.5 Å². The van der Waals surface area contributed by atoms with Gasteiger partial charge in [0.05, 0.1) is 13.1 Å². The second kappa shape index (κ2) is 6.49. The molecule has 0 saturated carbocycles. The maximum absolute atomic E-state index is 12.4. The van der Waals surface area contributed by atoms with Crippen LogP contribution in [0.15, 0.2) is 28.7 Å². The van der Waals surface area contributed by atoms with Crippen LogP contribution in [0.1, 0.15) is 18.2 Å². The van der Waals surface area contributed by atoms with E-state index < -0.39 is 12.7 Å². The summed E-state index contributed by atoms with van der Waals surface area (Å²) >= 11 is 0. The summed E-state index contributed by atoms with van der Waals surface area (Å²) in [5.74, 6) is 0.587. The molecule has 0 spiro atoms. The van der Waals surface area contributed by atoms with Gasteiger partial charge in [-0.05, 0) is 19.7 Å². The Kier molecular flexibility index (Phi) is 4.90. The number of nitrogens with zero attached hydrogens (tertiary/aromatic N) is 1. The molecule has 1 heterocycles. The fourth-order valence-corrected chi connectivity index (χ4v) is 2.33. The first-order valence-electron chi connectivity index (χ1n) is 6.86. The van der Waals surface area contributed by atoms with Gasteiger partial charge in [-0.2, -0.15) is 13.2 Å². The Bertz CT molecular complexity index is 592. The Labute approximate surface area is 121 Å². The lowest BCUT2D eigenvalue weighted by Gasteiger charge is -2.17. The van der Waals surface area contributed by atoms with Gasteiger partial charge in [-0.3, -0.25) is 4.90 Å². The van der Waals surface area contributed by atoms with E-state index in [4.69, 9.17) is 4.42 Å². The van der Waals surface area contributed by atoms with Crippen LogP contribution in [0.4, 0.5) is 13.2 Å². The molecule has 1 N–H and O–H groups in total. The summed E-state index contributed by atoms with van der Waals surface area (Å²) in [5, 5.41) is 4.16. The largest absolute Gasteiger partial charge is 0.459 e. The minimum absolute atomic E-state index is 0.134. The number of hydrogen-bond acceptors (Lipinski definition) is 3. The molecule has 1 aromatic carbocycles. The highest BCUT2D eigenvalue weighted by Crippen LogP contribution is 2.27. The second-order valence-corrected chi connectivity index (χ2v) is 5.07. The monoisotopic (exact) mass is 300 g/mol. The molecule has 116 valence electrons. The minimum atomic E-state index is -4.21. The second-order valence-electron chi connectivity index (χ2n) is 5.07. The summed E-state index contributed by atoms with van der Waals surface area (Å²) in [6.07, 6.45) is -4.21. The molecule has 2 rings (SSSR count). The summed E-state index contributed by atoms with van der Waals surface area (Å²) in [7, 11) is 1.44. The van der Waals surface area contributed by atoms with Crippen molar-refractivity contribution in [2.45, 2.75) is 26.2 Å². The smallest absolute Gasteiger partial charge is 0.401 e. The van der Waals surface area contributed by atoms with Crippen molar-refractivity contribution in [3.8, 4) is 0 Å². The van der Waals surface area contributed by atoms with E-state index in [0.717, 1.165) is 17.5 Å². The van der Waals surface area contributed by atoms with E-state index in [9.17, 15) is 13.2 Å². The normalized spacial score (nSPS) is 12.5. The Balaban J connectivity index is 2.25. The highest BCUT2D eigenvalue weighted by Gasteiger charge is 2.30. The van der Waals surface area contributed by atoms with E-state index in [-0.39, 0.29) is 6.54 Å². The first kappa shape index (κ1) is 15.9. The van der Waals surface area contributed by atoms with Gasteiger partial charge < -0.3 is 9.73 Å². The zero-order valence-corrected chi connectivity index (χ0v) is 12.1. The SMILES string of the molecule is CCNCc1c(CN(C)CC(F)(F)F)oc2ccccc12. The van der Waals surface area contributed by atoms with E-state index in [2.05, 4.69) is 5.32 Å². The van der Waals surface area contributed by atoms with Gasteiger partial charge in [-0.15, -0.1) is 0 Å². The lowest BCUT2D eigenvalue weighted by Crippen LogP contribution is -2.30. The number of hydrogen-bond donors (Lipinski definition) is 1. The van der Waals surface area contributed by atoms with Crippen LogP contribution in [0.2, 0.25) is 0 Å². The number of rotatable bonds is 6. The molecule has 0 fully saturated rings. The van der Waals surface area contributed by atoms with Crippen LogP contribution in [-0.4, -0.2) is 31.2 Å². The van der Waals surface area contributed by atoms with Crippen molar-refractivity contribution in [2.75, 3.05) is 20.1 Å². The first-order valence-corrected chi connectivity index (χ1v) is 6.86. The Morgan fingerprint density at radius 1 is 1.24 bits per heavy atom. The minimum Gasteiger partial charge on any atom is -0.459 e. The molecule has 0 atom stereocenters. The van der Waals surface area contributed by atoms with Crippen LogP contribution >= 0.6 is 0 Å². The van der Waals surface area contributed by atoms with E-state index >= 15 is 0 Å². The third-order valence-electron chi connectivity index (χ3n) is 3.20. The highest BCUT2D eigenvalue weighted by atomic mass is 19.4. The first-order chi connectivity index (χ1) is 9.90. The average molecular weight is 300 g/mol. The molecule has 3 nitrogen and oxygen atoms in total. The zero-order valence-electron chi connectivity index (χ0n) is 12.1. The molecule has 0 radical (unpaired) electrons. The van der Waals surface area contributed by atoms with Gasteiger partial charge in [0.25, 0.3) is 0 Å². The van der Waals surface area contributed by atoms with Crippen LogP contribution in [0.5, 0.6) is 0 Å². The Hall–Kier alpha value is -1.53. The van der Waals surface area contributed by atoms with Crippen molar-refractivity contribution in [1.29, 1.82) is 0 Å². The van der Waals surface area contributed by atoms with Crippen molar-refractivity contribution in [1.82, 2.24) is 10.2 Å². The topological polar surface area (TPSA) is 28.4 Å². The van der Waals surface area contributed by atoms with Gasteiger partial charge in [0.2, 0.25) is 0 Å². The van der Waals surface area contributed by atoms with Crippen LogP contribution in [0.25, 0.3) is 11.0 Å². The van der Waals surface area contributed by atoms with Crippen molar-refractivity contribution in [2.24, 2.45) is 0 Å². The number of furan rings is 1. The molecule has 21 heavy (non-hydrogen) atoms. The number of benzene rings is 1. The fourth-order valence-electron chi connectivity index (χ4n) is 2.33. The number of para-hydroxylation sites is 1. The lowest BCUT2D eigenvalue weighted by atomic mass is 10.1. The third kappa shape index (κ3) is 4.22. The van der Waals surface area contributed by atoms with Crippen molar-refractivity contribution in [3.63, 3.8) is 0 Å². The van der Waals surface area contributed by atoms with E-state index in [1.807, 2.05) is 31.2 Å². The van der Waals surface area contributed by atoms with Crippen LogP contribution < -0.4 is 5.32 Å². The van der Waals surface area contributed by atoms with Gasteiger partial charge >= 0.3 is 6.18 Å². The molecule has 0 aliphatic carbocycles. The number of nitrogens with one attached hydrogen (secondary N) is 1. The summed E-state index contributed by atoms with van der Waals surface area (Å²) < 4.78 is 43.0. The molecular weight excluding hydrogens is 281 g/mol. The molecule has 0 amide bonds. The van der Waals surface area contributed by atoms with Gasteiger partial charge in [-0.1, -0.05) is 25.1 Å².